The van der Waals surface area contributed by atoms with Crippen molar-refractivity contribution in [3.63, 3.8) is 0 Å². The van der Waals surface area contributed by atoms with Crippen LogP contribution in [0.15, 0.2) is 29.0 Å². The molecule has 1 amide bonds. The summed E-state index contributed by atoms with van der Waals surface area (Å²) >= 11 is 1.60. The van der Waals surface area contributed by atoms with Gasteiger partial charge >= 0.3 is 5.97 Å². The molecule has 0 aromatic carbocycles. The standard InChI is InChI=1S/C17H18N2O3S/c1-11-13(3-4-14(18-11)12-5-8-23-9-12)15(20)19-7-6-17(2,10-19)16(21)22/h3-5,8-9H,6-7,10H2,1-2H3,(H,21,22). The van der Waals surface area contributed by atoms with E-state index in [-0.39, 0.29) is 12.5 Å². The van der Waals surface area contributed by atoms with Crippen LogP contribution in [-0.2, 0) is 4.79 Å². The van der Waals surface area contributed by atoms with Gasteiger partial charge in [0.1, 0.15) is 0 Å². The predicted octanol–water partition coefficient (Wildman–Crippen LogP) is 3.06. The van der Waals surface area contributed by atoms with Crippen molar-refractivity contribution in [2.75, 3.05) is 13.1 Å². The van der Waals surface area contributed by atoms with Crippen LogP contribution in [0, 0.1) is 12.3 Å². The average molecular weight is 330 g/mol. The number of rotatable bonds is 3. The second kappa shape index (κ2) is 5.77. The van der Waals surface area contributed by atoms with Gasteiger partial charge in [0, 0.05) is 24.0 Å². The summed E-state index contributed by atoms with van der Waals surface area (Å²) in [5, 5.41) is 13.3. The molecule has 120 valence electrons. The number of amides is 1. The van der Waals surface area contributed by atoms with Crippen molar-refractivity contribution in [2.24, 2.45) is 5.41 Å². The smallest absolute Gasteiger partial charge is 0.311 e. The van der Waals surface area contributed by atoms with Crippen molar-refractivity contribution in [3.05, 3.63) is 40.2 Å². The SMILES string of the molecule is Cc1nc(-c2ccsc2)ccc1C(=O)N1CCC(C)(C(=O)O)C1. The molecule has 1 aliphatic heterocycles. The lowest BCUT2D eigenvalue weighted by Gasteiger charge is -2.20. The van der Waals surface area contributed by atoms with Crippen molar-refractivity contribution in [1.82, 2.24) is 9.88 Å². The number of nitrogens with zero attached hydrogens (tertiary/aromatic N) is 2. The number of aryl methyl sites for hydroxylation is 1. The molecule has 2 aromatic rings. The molecule has 23 heavy (non-hydrogen) atoms. The van der Waals surface area contributed by atoms with Gasteiger partial charge in [-0.25, -0.2) is 0 Å². The molecule has 3 heterocycles. The van der Waals surface area contributed by atoms with Crippen molar-refractivity contribution < 1.29 is 14.7 Å². The molecular formula is C17H18N2O3S. The van der Waals surface area contributed by atoms with Crippen LogP contribution in [0.2, 0.25) is 0 Å². The molecule has 2 aromatic heterocycles. The van der Waals surface area contributed by atoms with Gasteiger partial charge in [0.2, 0.25) is 0 Å². The molecule has 0 saturated carbocycles. The molecule has 1 unspecified atom stereocenters. The summed E-state index contributed by atoms with van der Waals surface area (Å²) in [6.45, 7) is 4.21. The van der Waals surface area contributed by atoms with Crippen LogP contribution in [0.4, 0.5) is 0 Å². The fraction of sp³-hybridized carbons (Fsp3) is 0.353. The normalized spacial score (nSPS) is 20.7. The highest BCUT2D eigenvalue weighted by Gasteiger charge is 2.42. The lowest BCUT2D eigenvalue weighted by Crippen LogP contribution is -2.35. The molecule has 0 radical (unpaired) electrons. The van der Waals surface area contributed by atoms with Crippen molar-refractivity contribution in [1.29, 1.82) is 0 Å². The molecule has 1 fully saturated rings. The largest absolute Gasteiger partial charge is 0.481 e. The third-order valence-electron chi connectivity index (χ3n) is 4.41. The minimum Gasteiger partial charge on any atom is -0.481 e. The minimum atomic E-state index is -0.854. The number of carboxylic acids is 1. The second-order valence-electron chi connectivity index (χ2n) is 6.18. The van der Waals surface area contributed by atoms with Gasteiger partial charge in [-0.3, -0.25) is 14.6 Å². The van der Waals surface area contributed by atoms with Gasteiger partial charge in [0.15, 0.2) is 0 Å². The van der Waals surface area contributed by atoms with Gasteiger partial charge in [0.25, 0.3) is 5.91 Å². The summed E-state index contributed by atoms with van der Waals surface area (Å²) < 4.78 is 0. The molecule has 0 bridgehead atoms. The Morgan fingerprint density at radius 2 is 2.13 bits per heavy atom. The highest BCUT2D eigenvalue weighted by atomic mass is 32.1. The number of aromatic nitrogens is 1. The van der Waals surface area contributed by atoms with E-state index >= 15 is 0 Å². The van der Waals surface area contributed by atoms with Crippen molar-refractivity contribution in [2.45, 2.75) is 20.3 Å². The molecule has 5 nitrogen and oxygen atoms in total. The van der Waals surface area contributed by atoms with E-state index < -0.39 is 11.4 Å². The number of thiophene rings is 1. The van der Waals surface area contributed by atoms with Crippen LogP contribution in [0.3, 0.4) is 0 Å². The Bertz CT molecular complexity index is 757. The molecule has 0 aliphatic carbocycles. The van der Waals surface area contributed by atoms with E-state index in [4.69, 9.17) is 0 Å². The Morgan fingerprint density at radius 3 is 2.70 bits per heavy atom. The van der Waals surface area contributed by atoms with Gasteiger partial charge < -0.3 is 10.0 Å². The number of carboxylic acid groups (broad SMARTS) is 1. The summed E-state index contributed by atoms with van der Waals surface area (Å²) in [5.41, 5.74) is 2.24. The molecule has 1 atom stereocenters. The van der Waals surface area contributed by atoms with E-state index in [1.165, 1.54) is 0 Å². The first-order valence-electron chi connectivity index (χ1n) is 7.44. The first kappa shape index (κ1) is 15.7. The fourth-order valence-corrected chi connectivity index (χ4v) is 3.49. The number of hydrogen-bond acceptors (Lipinski definition) is 4. The lowest BCUT2D eigenvalue weighted by atomic mass is 9.90. The topological polar surface area (TPSA) is 70.5 Å². The molecule has 1 N–H and O–H groups in total. The number of carbonyl (C=O) groups excluding carboxylic acids is 1. The zero-order valence-corrected chi connectivity index (χ0v) is 13.9. The van der Waals surface area contributed by atoms with E-state index in [9.17, 15) is 14.7 Å². The van der Waals surface area contributed by atoms with Gasteiger partial charge in [0.05, 0.1) is 22.4 Å². The number of aliphatic carboxylic acids is 1. The second-order valence-corrected chi connectivity index (χ2v) is 6.96. The van der Waals surface area contributed by atoms with Gasteiger partial charge in [-0.1, -0.05) is 0 Å². The maximum absolute atomic E-state index is 12.7. The zero-order chi connectivity index (χ0) is 16.6. The summed E-state index contributed by atoms with van der Waals surface area (Å²) in [4.78, 5) is 30.1. The minimum absolute atomic E-state index is 0.142. The number of likely N-dealkylation sites (tertiary alicyclic amines) is 1. The predicted molar refractivity (Wildman–Crippen MR) is 88.6 cm³/mol. The molecular weight excluding hydrogens is 312 g/mol. The monoisotopic (exact) mass is 330 g/mol. The van der Waals surface area contributed by atoms with Crippen molar-refractivity contribution >= 4 is 23.2 Å². The first-order valence-corrected chi connectivity index (χ1v) is 8.38. The van der Waals surface area contributed by atoms with Crippen LogP contribution in [0.1, 0.15) is 29.4 Å². The Kier molecular flexibility index (Phi) is 3.93. The van der Waals surface area contributed by atoms with E-state index in [0.29, 0.717) is 24.2 Å². The molecule has 0 spiro atoms. The van der Waals surface area contributed by atoms with Crippen LogP contribution < -0.4 is 0 Å². The van der Waals surface area contributed by atoms with Gasteiger partial charge in [-0.15, -0.1) is 0 Å². The highest BCUT2D eigenvalue weighted by Crippen LogP contribution is 2.31. The summed E-state index contributed by atoms with van der Waals surface area (Å²) in [5.74, 6) is -0.993. The average Bonchev–Trinajstić information content (AvgIpc) is 3.16. The zero-order valence-electron chi connectivity index (χ0n) is 13.1. The van der Waals surface area contributed by atoms with Crippen LogP contribution in [0.5, 0.6) is 0 Å². The Hall–Kier alpha value is -2.21. The fourth-order valence-electron chi connectivity index (χ4n) is 2.84. The Balaban J connectivity index is 1.82. The van der Waals surface area contributed by atoms with E-state index in [1.54, 1.807) is 29.2 Å². The third-order valence-corrected chi connectivity index (χ3v) is 5.09. The van der Waals surface area contributed by atoms with Crippen molar-refractivity contribution in [3.8, 4) is 11.3 Å². The summed E-state index contributed by atoms with van der Waals surface area (Å²) in [7, 11) is 0. The quantitative estimate of drug-likeness (QED) is 0.939. The molecule has 3 rings (SSSR count). The number of hydrogen-bond donors (Lipinski definition) is 1. The Morgan fingerprint density at radius 1 is 1.35 bits per heavy atom. The Labute approximate surface area is 138 Å². The number of carbonyl (C=O) groups is 2. The van der Waals surface area contributed by atoms with E-state index in [0.717, 1.165) is 11.3 Å². The first-order chi connectivity index (χ1) is 10.9. The van der Waals surface area contributed by atoms with Crippen LogP contribution in [-0.4, -0.2) is 40.0 Å². The molecule has 1 saturated heterocycles. The molecule has 1 aliphatic rings. The maximum atomic E-state index is 12.7. The molecule has 6 heteroatoms. The van der Waals surface area contributed by atoms with Crippen LogP contribution in [0.25, 0.3) is 11.3 Å². The van der Waals surface area contributed by atoms with Gasteiger partial charge in [-0.05, 0) is 43.8 Å². The third kappa shape index (κ3) is 2.86. The summed E-state index contributed by atoms with van der Waals surface area (Å²) in [6, 6.07) is 5.62. The summed E-state index contributed by atoms with van der Waals surface area (Å²) in [6.07, 6.45) is 0.480. The lowest BCUT2D eigenvalue weighted by molar-refractivity contribution is -0.147. The van der Waals surface area contributed by atoms with E-state index in [2.05, 4.69) is 4.98 Å². The van der Waals surface area contributed by atoms with E-state index in [1.807, 2.05) is 29.8 Å². The number of pyridine rings is 1. The maximum Gasteiger partial charge on any atom is 0.311 e. The van der Waals surface area contributed by atoms with Crippen LogP contribution >= 0.6 is 11.3 Å². The highest BCUT2D eigenvalue weighted by molar-refractivity contribution is 7.08. The van der Waals surface area contributed by atoms with Gasteiger partial charge in [-0.2, -0.15) is 11.3 Å².